The fraction of sp³-hybridized carbons (Fsp3) is 0.615. The van der Waals surface area contributed by atoms with Crippen molar-refractivity contribution in [1.82, 2.24) is 10.3 Å². The average molecular weight is 236 g/mol. The Morgan fingerprint density at radius 1 is 1.59 bits per heavy atom. The second kappa shape index (κ2) is 5.98. The highest BCUT2D eigenvalue weighted by molar-refractivity contribution is 5.21. The van der Waals surface area contributed by atoms with Crippen molar-refractivity contribution in [3.05, 3.63) is 24.0 Å². The van der Waals surface area contributed by atoms with Gasteiger partial charge in [0.05, 0.1) is 25.1 Å². The molecule has 2 atom stereocenters. The zero-order valence-corrected chi connectivity index (χ0v) is 10.5. The van der Waals surface area contributed by atoms with Gasteiger partial charge in [0.1, 0.15) is 5.75 Å². The molecule has 0 saturated carbocycles. The molecule has 1 aromatic rings. The standard InChI is InChI=1S/C13H20N2O2/c1-10(14-2)13-4-3-12(7-15-13)17-9-11-5-6-16-8-11/h3-4,7,10-11,14H,5-6,8-9H2,1-2H3. The summed E-state index contributed by atoms with van der Waals surface area (Å²) in [6.45, 7) is 4.49. The third-order valence-corrected chi connectivity index (χ3v) is 3.15. The molecule has 1 aliphatic heterocycles. The molecule has 17 heavy (non-hydrogen) atoms. The molecule has 4 heteroatoms. The molecule has 1 N–H and O–H groups in total. The number of hydrogen-bond acceptors (Lipinski definition) is 4. The maximum atomic E-state index is 5.70. The lowest BCUT2D eigenvalue weighted by Gasteiger charge is -2.12. The number of hydrogen-bond donors (Lipinski definition) is 1. The molecule has 1 fully saturated rings. The summed E-state index contributed by atoms with van der Waals surface area (Å²) in [7, 11) is 1.93. The van der Waals surface area contributed by atoms with Gasteiger partial charge in [0.15, 0.2) is 0 Å². The van der Waals surface area contributed by atoms with Crippen molar-refractivity contribution >= 4 is 0 Å². The van der Waals surface area contributed by atoms with E-state index >= 15 is 0 Å². The van der Waals surface area contributed by atoms with Gasteiger partial charge in [-0.1, -0.05) is 0 Å². The Morgan fingerprint density at radius 2 is 2.47 bits per heavy atom. The van der Waals surface area contributed by atoms with Crippen LogP contribution in [-0.4, -0.2) is 31.9 Å². The second-order valence-corrected chi connectivity index (χ2v) is 4.47. The minimum Gasteiger partial charge on any atom is -0.492 e. The van der Waals surface area contributed by atoms with E-state index in [9.17, 15) is 0 Å². The molecule has 94 valence electrons. The molecule has 0 bridgehead atoms. The van der Waals surface area contributed by atoms with Crippen molar-refractivity contribution in [3.8, 4) is 5.75 Å². The van der Waals surface area contributed by atoms with Crippen LogP contribution in [-0.2, 0) is 4.74 Å². The van der Waals surface area contributed by atoms with Gasteiger partial charge < -0.3 is 14.8 Å². The second-order valence-electron chi connectivity index (χ2n) is 4.47. The maximum Gasteiger partial charge on any atom is 0.137 e. The summed E-state index contributed by atoms with van der Waals surface area (Å²) in [5.41, 5.74) is 1.03. The predicted octanol–water partition coefficient (Wildman–Crippen LogP) is 1.78. The highest BCUT2D eigenvalue weighted by Crippen LogP contribution is 2.17. The monoisotopic (exact) mass is 236 g/mol. The molecule has 1 aromatic heterocycles. The van der Waals surface area contributed by atoms with Crippen LogP contribution in [0.3, 0.4) is 0 Å². The van der Waals surface area contributed by atoms with E-state index in [2.05, 4.69) is 17.2 Å². The van der Waals surface area contributed by atoms with Gasteiger partial charge in [-0.05, 0) is 32.5 Å². The molecular formula is C13H20N2O2. The first-order valence-electron chi connectivity index (χ1n) is 6.13. The van der Waals surface area contributed by atoms with Crippen LogP contribution in [0.15, 0.2) is 18.3 Å². The van der Waals surface area contributed by atoms with Gasteiger partial charge in [0, 0.05) is 18.6 Å². The summed E-state index contributed by atoms with van der Waals surface area (Å²) in [6.07, 6.45) is 2.89. The summed E-state index contributed by atoms with van der Waals surface area (Å²) < 4.78 is 11.0. The van der Waals surface area contributed by atoms with Crippen molar-refractivity contribution in [2.24, 2.45) is 5.92 Å². The average Bonchev–Trinajstić information content (AvgIpc) is 2.89. The Balaban J connectivity index is 1.84. The summed E-state index contributed by atoms with van der Waals surface area (Å²) in [5, 5.41) is 3.16. The lowest BCUT2D eigenvalue weighted by molar-refractivity contribution is 0.167. The predicted molar refractivity (Wildman–Crippen MR) is 66.1 cm³/mol. The minimum atomic E-state index is 0.271. The van der Waals surface area contributed by atoms with Crippen LogP contribution in [0.25, 0.3) is 0 Å². The molecule has 0 radical (unpaired) electrons. The SMILES string of the molecule is CNC(C)c1ccc(OCC2CCOC2)cn1. The number of nitrogens with zero attached hydrogens (tertiary/aromatic N) is 1. The zero-order valence-electron chi connectivity index (χ0n) is 10.5. The van der Waals surface area contributed by atoms with Crippen molar-refractivity contribution in [2.75, 3.05) is 26.9 Å². The molecule has 2 heterocycles. The van der Waals surface area contributed by atoms with Crippen molar-refractivity contribution < 1.29 is 9.47 Å². The molecule has 0 aromatic carbocycles. The quantitative estimate of drug-likeness (QED) is 0.846. The van der Waals surface area contributed by atoms with Crippen LogP contribution in [0.1, 0.15) is 25.1 Å². The molecule has 1 saturated heterocycles. The highest BCUT2D eigenvalue weighted by Gasteiger charge is 2.16. The van der Waals surface area contributed by atoms with E-state index in [1.807, 2.05) is 19.2 Å². The summed E-state index contributed by atoms with van der Waals surface area (Å²) in [4.78, 5) is 4.38. The Bertz CT molecular complexity index is 334. The third kappa shape index (κ3) is 3.41. The number of aromatic nitrogens is 1. The van der Waals surface area contributed by atoms with E-state index in [-0.39, 0.29) is 6.04 Å². The van der Waals surface area contributed by atoms with Crippen molar-refractivity contribution in [3.63, 3.8) is 0 Å². The highest BCUT2D eigenvalue weighted by atomic mass is 16.5. The lowest BCUT2D eigenvalue weighted by atomic mass is 10.1. The first-order chi connectivity index (χ1) is 8.29. The van der Waals surface area contributed by atoms with Gasteiger partial charge in [-0.2, -0.15) is 0 Å². The van der Waals surface area contributed by atoms with Crippen LogP contribution >= 0.6 is 0 Å². The number of ether oxygens (including phenoxy) is 2. The minimum absolute atomic E-state index is 0.271. The smallest absolute Gasteiger partial charge is 0.137 e. The molecular weight excluding hydrogens is 216 g/mol. The molecule has 2 unspecified atom stereocenters. The summed E-state index contributed by atoms with van der Waals surface area (Å²) in [6, 6.07) is 4.25. The van der Waals surface area contributed by atoms with Gasteiger partial charge in [-0.3, -0.25) is 4.98 Å². The zero-order chi connectivity index (χ0) is 12.1. The van der Waals surface area contributed by atoms with E-state index < -0.39 is 0 Å². The van der Waals surface area contributed by atoms with E-state index in [4.69, 9.17) is 9.47 Å². The summed E-state index contributed by atoms with van der Waals surface area (Å²) >= 11 is 0. The molecule has 0 amide bonds. The molecule has 0 aliphatic carbocycles. The fourth-order valence-corrected chi connectivity index (χ4v) is 1.81. The Kier molecular flexibility index (Phi) is 4.34. The van der Waals surface area contributed by atoms with E-state index in [1.54, 1.807) is 6.20 Å². The number of nitrogens with one attached hydrogen (secondary N) is 1. The third-order valence-electron chi connectivity index (χ3n) is 3.15. The van der Waals surface area contributed by atoms with Crippen LogP contribution in [0.4, 0.5) is 0 Å². The Hall–Kier alpha value is -1.13. The van der Waals surface area contributed by atoms with Gasteiger partial charge in [-0.15, -0.1) is 0 Å². The van der Waals surface area contributed by atoms with Gasteiger partial charge >= 0.3 is 0 Å². The number of rotatable bonds is 5. The first kappa shape index (κ1) is 12.3. The maximum absolute atomic E-state index is 5.70. The fourth-order valence-electron chi connectivity index (χ4n) is 1.81. The Labute approximate surface area is 102 Å². The van der Waals surface area contributed by atoms with Crippen LogP contribution in [0, 0.1) is 5.92 Å². The van der Waals surface area contributed by atoms with Crippen LogP contribution < -0.4 is 10.1 Å². The van der Waals surface area contributed by atoms with Gasteiger partial charge in [0.2, 0.25) is 0 Å². The van der Waals surface area contributed by atoms with E-state index in [0.29, 0.717) is 5.92 Å². The largest absolute Gasteiger partial charge is 0.492 e. The topological polar surface area (TPSA) is 43.4 Å². The summed E-state index contributed by atoms with van der Waals surface area (Å²) in [5.74, 6) is 1.37. The Morgan fingerprint density at radius 3 is 3.06 bits per heavy atom. The van der Waals surface area contributed by atoms with Crippen molar-refractivity contribution in [2.45, 2.75) is 19.4 Å². The lowest BCUT2D eigenvalue weighted by Crippen LogP contribution is -2.14. The molecule has 1 aliphatic rings. The normalized spacial score (nSPS) is 21.4. The van der Waals surface area contributed by atoms with Crippen molar-refractivity contribution in [1.29, 1.82) is 0 Å². The molecule has 0 spiro atoms. The van der Waals surface area contributed by atoms with E-state index in [0.717, 1.165) is 37.7 Å². The number of pyridine rings is 1. The van der Waals surface area contributed by atoms with E-state index in [1.165, 1.54) is 0 Å². The van der Waals surface area contributed by atoms with Gasteiger partial charge in [-0.25, -0.2) is 0 Å². The van der Waals surface area contributed by atoms with Crippen LogP contribution in [0.5, 0.6) is 5.75 Å². The van der Waals surface area contributed by atoms with Crippen LogP contribution in [0.2, 0.25) is 0 Å². The first-order valence-corrected chi connectivity index (χ1v) is 6.13. The van der Waals surface area contributed by atoms with Gasteiger partial charge in [0.25, 0.3) is 0 Å². The molecule has 2 rings (SSSR count). The molecule has 4 nitrogen and oxygen atoms in total.